The minimum Gasteiger partial charge on any atom is -0.449 e. The lowest BCUT2D eigenvalue weighted by Crippen LogP contribution is -2.27. The van der Waals surface area contributed by atoms with Gasteiger partial charge in [-0.1, -0.05) is 12.1 Å². The summed E-state index contributed by atoms with van der Waals surface area (Å²) >= 11 is 0. The Morgan fingerprint density at radius 2 is 1.96 bits per heavy atom. The third kappa shape index (κ3) is 3.20. The van der Waals surface area contributed by atoms with Gasteiger partial charge in [0.15, 0.2) is 5.82 Å². The Morgan fingerprint density at radius 1 is 1.14 bits per heavy atom. The van der Waals surface area contributed by atoms with Crippen LogP contribution in [0.2, 0.25) is 0 Å². The minimum atomic E-state index is -1.36. The van der Waals surface area contributed by atoms with Gasteiger partial charge in [0.1, 0.15) is 11.4 Å². The van der Waals surface area contributed by atoms with E-state index in [1.165, 1.54) is 0 Å². The fourth-order valence-electron chi connectivity index (χ4n) is 2.96. The first kappa shape index (κ1) is 17.7. The van der Waals surface area contributed by atoms with Crippen LogP contribution in [0.4, 0.5) is 10.6 Å². The Bertz CT molecular complexity index is 1190. The van der Waals surface area contributed by atoms with Crippen molar-refractivity contribution in [1.82, 2.24) is 20.2 Å². The second-order valence-corrected chi connectivity index (χ2v) is 6.79. The summed E-state index contributed by atoms with van der Waals surface area (Å²) in [4.78, 5) is 22.4. The van der Waals surface area contributed by atoms with Crippen molar-refractivity contribution in [2.24, 2.45) is 0 Å². The third-order valence-electron chi connectivity index (χ3n) is 4.65. The van der Waals surface area contributed by atoms with E-state index in [0.29, 0.717) is 16.9 Å². The second kappa shape index (κ2) is 6.80. The lowest BCUT2D eigenvalue weighted by molar-refractivity contribution is 0.144. The van der Waals surface area contributed by atoms with Crippen LogP contribution in [0.15, 0.2) is 42.6 Å². The first-order valence-corrected chi connectivity index (χ1v) is 8.81. The van der Waals surface area contributed by atoms with Gasteiger partial charge in [-0.05, 0) is 32.0 Å². The zero-order valence-corrected chi connectivity index (χ0v) is 15.7. The van der Waals surface area contributed by atoms with Crippen molar-refractivity contribution in [3.63, 3.8) is 0 Å². The minimum absolute atomic E-state index is 0.194. The van der Waals surface area contributed by atoms with Gasteiger partial charge < -0.3 is 14.7 Å². The molecule has 0 aliphatic heterocycles. The van der Waals surface area contributed by atoms with Gasteiger partial charge in [0.2, 0.25) is 0 Å². The number of carboxylic acid groups (broad SMARTS) is 1. The molecule has 8 nitrogen and oxygen atoms in total. The average molecular weight is 377 g/mol. The molecule has 2 N–H and O–H groups in total. The van der Waals surface area contributed by atoms with Crippen LogP contribution in [-0.4, -0.2) is 44.5 Å². The fraction of sp³-hybridized carbons (Fsp3) is 0.200. The number of fused-ring (bicyclic) bond motifs is 2. The van der Waals surface area contributed by atoms with Gasteiger partial charge in [-0.3, -0.25) is 5.10 Å². The normalized spacial score (nSPS) is 11.3. The second-order valence-electron chi connectivity index (χ2n) is 6.79. The number of hydrogen-bond donors (Lipinski definition) is 2. The van der Waals surface area contributed by atoms with Crippen LogP contribution in [0.25, 0.3) is 33.2 Å². The molecular weight excluding hydrogens is 358 g/mol. The van der Waals surface area contributed by atoms with E-state index in [1.54, 1.807) is 24.4 Å². The van der Waals surface area contributed by atoms with Gasteiger partial charge >= 0.3 is 6.16 Å². The van der Waals surface area contributed by atoms with E-state index in [-0.39, 0.29) is 11.8 Å². The summed E-state index contributed by atoms with van der Waals surface area (Å²) in [6, 6.07) is 11.0. The molecule has 0 fully saturated rings. The number of aromatic nitrogens is 4. The Labute approximate surface area is 160 Å². The molecule has 28 heavy (non-hydrogen) atoms. The van der Waals surface area contributed by atoms with Crippen molar-refractivity contribution in [3.8, 4) is 17.0 Å². The summed E-state index contributed by atoms with van der Waals surface area (Å²) in [7, 11) is 1.95. The largest absolute Gasteiger partial charge is 0.511 e. The van der Waals surface area contributed by atoms with Crippen LogP contribution in [0.1, 0.15) is 13.8 Å². The van der Waals surface area contributed by atoms with E-state index in [2.05, 4.69) is 24.0 Å². The number of aromatic amines is 1. The highest BCUT2D eigenvalue weighted by Crippen LogP contribution is 2.32. The number of nitrogens with one attached hydrogen (secondary N) is 1. The molecule has 0 spiro atoms. The van der Waals surface area contributed by atoms with Crippen molar-refractivity contribution in [1.29, 1.82) is 0 Å². The molecule has 0 radical (unpaired) electrons. The van der Waals surface area contributed by atoms with E-state index < -0.39 is 6.16 Å². The monoisotopic (exact) mass is 377 g/mol. The van der Waals surface area contributed by atoms with Gasteiger partial charge in [0.05, 0.1) is 22.7 Å². The van der Waals surface area contributed by atoms with Crippen LogP contribution >= 0.6 is 0 Å². The molecule has 4 aromatic rings. The topological polar surface area (TPSA) is 104 Å². The standard InChI is InChI=1S/C20H19N5O3/c1-11(2)25(3)19-18(12-4-5-13-10-21-24-16(13)8-12)22-15-7-6-14(28-20(26)27)9-17(15)23-19/h4-11H,1-3H3,(H,21,24)(H,26,27). The van der Waals surface area contributed by atoms with E-state index in [9.17, 15) is 4.79 Å². The molecule has 2 aromatic carbocycles. The maximum atomic E-state index is 10.8. The number of carbonyl (C=O) groups is 1. The van der Waals surface area contributed by atoms with E-state index in [1.807, 2.05) is 30.1 Å². The molecule has 0 unspecified atom stereocenters. The number of benzene rings is 2. The Balaban J connectivity index is 1.92. The molecule has 0 saturated carbocycles. The summed E-state index contributed by atoms with van der Waals surface area (Å²) in [6.07, 6.45) is 0.410. The van der Waals surface area contributed by atoms with Gasteiger partial charge in [-0.25, -0.2) is 14.8 Å². The highest BCUT2D eigenvalue weighted by molar-refractivity contribution is 5.89. The molecule has 8 heteroatoms. The summed E-state index contributed by atoms with van der Waals surface area (Å²) in [6.45, 7) is 4.13. The summed E-state index contributed by atoms with van der Waals surface area (Å²) in [5.41, 5.74) is 3.79. The van der Waals surface area contributed by atoms with Gasteiger partial charge in [0, 0.05) is 30.1 Å². The van der Waals surface area contributed by atoms with E-state index in [0.717, 1.165) is 22.2 Å². The zero-order valence-electron chi connectivity index (χ0n) is 15.7. The van der Waals surface area contributed by atoms with Gasteiger partial charge in [-0.2, -0.15) is 5.10 Å². The van der Waals surface area contributed by atoms with Crippen molar-refractivity contribution in [2.75, 3.05) is 11.9 Å². The summed E-state index contributed by atoms with van der Waals surface area (Å²) in [5.74, 6) is 0.910. The number of hydrogen-bond acceptors (Lipinski definition) is 6. The predicted octanol–water partition coefficient (Wildman–Crippen LogP) is 4.07. The SMILES string of the molecule is CC(C)N(C)c1nc2cc(OC(=O)O)ccc2nc1-c1ccc2cn[nH]c2c1. The lowest BCUT2D eigenvalue weighted by Gasteiger charge is -2.25. The highest BCUT2D eigenvalue weighted by Gasteiger charge is 2.18. The maximum Gasteiger partial charge on any atom is 0.511 e. The third-order valence-corrected chi connectivity index (χ3v) is 4.65. The molecule has 0 bridgehead atoms. The smallest absolute Gasteiger partial charge is 0.449 e. The molecule has 4 rings (SSSR count). The average Bonchev–Trinajstić information content (AvgIpc) is 3.13. The van der Waals surface area contributed by atoms with Crippen molar-refractivity contribution in [2.45, 2.75) is 19.9 Å². The number of nitrogens with zero attached hydrogens (tertiary/aromatic N) is 4. The highest BCUT2D eigenvalue weighted by atomic mass is 16.7. The molecule has 0 aliphatic rings. The molecule has 0 saturated heterocycles. The van der Waals surface area contributed by atoms with Crippen LogP contribution in [0.3, 0.4) is 0 Å². The number of anilines is 1. The Hall–Kier alpha value is -3.68. The molecule has 2 aromatic heterocycles. The molecular formula is C20H19N5O3. The molecule has 142 valence electrons. The van der Waals surface area contributed by atoms with Crippen LogP contribution in [-0.2, 0) is 0 Å². The number of H-pyrrole nitrogens is 1. The molecule has 0 atom stereocenters. The van der Waals surface area contributed by atoms with Gasteiger partial charge in [0.25, 0.3) is 0 Å². The van der Waals surface area contributed by atoms with Crippen LogP contribution in [0.5, 0.6) is 5.75 Å². The Kier molecular flexibility index (Phi) is 4.31. The fourth-order valence-corrected chi connectivity index (χ4v) is 2.96. The summed E-state index contributed by atoms with van der Waals surface area (Å²) in [5, 5.41) is 16.9. The van der Waals surface area contributed by atoms with Crippen molar-refractivity contribution in [3.05, 3.63) is 42.6 Å². The first-order valence-electron chi connectivity index (χ1n) is 8.81. The number of rotatable bonds is 4. The van der Waals surface area contributed by atoms with Crippen LogP contribution in [0, 0.1) is 0 Å². The Morgan fingerprint density at radius 3 is 2.71 bits per heavy atom. The maximum absolute atomic E-state index is 10.8. The first-order chi connectivity index (χ1) is 13.4. The lowest BCUT2D eigenvalue weighted by atomic mass is 10.1. The molecule has 0 aliphatic carbocycles. The van der Waals surface area contributed by atoms with Crippen LogP contribution < -0.4 is 9.64 Å². The van der Waals surface area contributed by atoms with Crippen molar-refractivity contribution >= 4 is 33.9 Å². The van der Waals surface area contributed by atoms with E-state index >= 15 is 0 Å². The van der Waals surface area contributed by atoms with Crippen molar-refractivity contribution < 1.29 is 14.6 Å². The number of ether oxygens (including phenoxy) is 1. The van der Waals surface area contributed by atoms with Gasteiger partial charge in [-0.15, -0.1) is 0 Å². The predicted molar refractivity (Wildman–Crippen MR) is 107 cm³/mol. The summed E-state index contributed by atoms with van der Waals surface area (Å²) < 4.78 is 4.75. The van der Waals surface area contributed by atoms with E-state index in [4.69, 9.17) is 19.8 Å². The molecule has 2 heterocycles. The molecule has 0 amide bonds. The quantitative estimate of drug-likeness (QED) is 0.408. The zero-order chi connectivity index (χ0) is 19.8.